The predicted molar refractivity (Wildman–Crippen MR) is 129 cm³/mol. The van der Waals surface area contributed by atoms with Gasteiger partial charge >= 0.3 is 6.03 Å². The van der Waals surface area contributed by atoms with Gasteiger partial charge in [0.05, 0.1) is 5.03 Å². The molecular weight excluding hydrogens is 473 g/mol. The summed E-state index contributed by atoms with van der Waals surface area (Å²) in [6, 6.07) is 14.3. The maximum Gasteiger partial charge on any atom is 0.317 e. The third-order valence-electron chi connectivity index (χ3n) is 4.58. The number of hydrogen-bond acceptors (Lipinski definition) is 5. The molecule has 166 valence electrons. The quantitative estimate of drug-likeness (QED) is 0.287. The number of hydrogen-bond donors (Lipinski definition) is 4. The summed E-state index contributed by atoms with van der Waals surface area (Å²) in [5, 5.41) is 16.3. The molecule has 5 N–H and O–H groups in total. The van der Waals surface area contributed by atoms with Crippen molar-refractivity contribution in [2.45, 2.75) is 17.6 Å². The molecule has 0 saturated heterocycles. The predicted octanol–water partition coefficient (Wildman–Crippen LogP) is 3.91. The molecule has 2 unspecified atom stereocenters. The van der Waals surface area contributed by atoms with Crippen LogP contribution in [0, 0.1) is 0 Å². The van der Waals surface area contributed by atoms with Crippen molar-refractivity contribution in [3.8, 4) is 5.75 Å². The van der Waals surface area contributed by atoms with Gasteiger partial charge in [-0.05, 0) is 35.9 Å². The number of urea groups is 1. The van der Waals surface area contributed by atoms with Crippen LogP contribution in [0.4, 0.5) is 10.5 Å². The van der Waals surface area contributed by atoms with Gasteiger partial charge in [-0.25, -0.2) is 4.79 Å². The van der Waals surface area contributed by atoms with E-state index in [2.05, 4.69) is 10.6 Å². The van der Waals surface area contributed by atoms with E-state index in [4.69, 9.17) is 45.9 Å². The molecule has 2 atom stereocenters. The minimum Gasteiger partial charge on any atom is -0.454 e. The lowest BCUT2D eigenvalue weighted by molar-refractivity contribution is -0.114. The second-order valence-corrected chi connectivity index (χ2v) is 8.32. The first-order chi connectivity index (χ1) is 15.1. The second-order valence-electron chi connectivity index (χ2n) is 6.91. The van der Waals surface area contributed by atoms with E-state index in [0.29, 0.717) is 16.8 Å². The first-order valence-corrected chi connectivity index (χ1v) is 10.5. The summed E-state index contributed by atoms with van der Waals surface area (Å²) in [6.45, 7) is 1.37. The number of halogens is 2. The largest absolute Gasteiger partial charge is 0.454 e. The SMILES string of the molecule is CC(=O)Nc1ccccc1C1=CC(Cl)(C(=S)NC(N)=O)C(O)(Oc2ccccc2)C(Cl)=C1. The van der Waals surface area contributed by atoms with Gasteiger partial charge in [0.15, 0.2) is 4.87 Å². The molecule has 0 aromatic heterocycles. The molecule has 2 aromatic rings. The minimum atomic E-state index is -2.39. The van der Waals surface area contributed by atoms with Gasteiger partial charge in [-0.2, -0.15) is 0 Å². The van der Waals surface area contributed by atoms with Gasteiger partial charge in [0.1, 0.15) is 10.7 Å². The number of nitrogens with one attached hydrogen (secondary N) is 2. The number of anilines is 1. The Morgan fingerprint density at radius 1 is 1.12 bits per heavy atom. The van der Waals surface area contributed by atoms with Crippen molar-refractivity contribution in [3.63, 3.8) is 0 Å². The summed E-state index contributed by atoms with van der Waals surface area (Å²) in [5.41, 5.74) is 6.68. The number of thiocarbonyl (C=S) groups is 1. The van der Waals surface area contributed by atoms with Gasteiger partial charge in [-0.1, -0.05) is 71.8 Å². The highest BCUT2D eigenvalue weighted by Gasteiger charge is 2.58. The standard InChI is InChI=1S/C22H19Cl2N3O4S/c1-13(28)26-17-10-6-5-9-16(17)14-11-18(23)22(30,31-15-7-3-2-4-8-15)21(24,12-14)19(32)27-20(25)29/h2-12,30H,1H3,(H,26,28)(H3,25,27,29,32). The molecule has 3 amide bonds. The number of nitrogens with two attached hydrogens (primary N) is 1. The monoisotopic (exact) mass is 491 g/mol. The van der Waals surface area contributed by atoms with Crippen LogP contribution in [0.25, 0.3) is 5.57 Å². The Morgan fingerprint density at radius 3 is 2.38 bits per heavy atom. The molecule has 0 bridgehead atoms. The Balaban J connectivity index is 2.17. The zero-order valence-electron chi connectivity index (χ0n) is 16.8. The molecule has 32 heavy (non-hydrogen) atoms. The summed E-state index contributed by atoms with van der Waals surface area (Å²) < 4.78 is 5.78. The number of alkyl halides is 1. The smallest absolute Gasteiger partial charge is 0.317 e. The zero-order chi connectivity index (χ0) is 23.5. The topological polar surface area (TPSA) is 114 Å². The highest BCUT2D eigenvalue weighted by atomic mass is 35.5. The highest BCUT2D eigenvalue weighted by Crippen LogP contribution is 2.47. The second kappa shape index (κ2) is 9.30. The molecule has 0 fully saturated rings. The third kappa shape index (κ3) is 4.63. The van der Waals surface area contributed by atoms with Gasteiger partial charge in [0.25, 0.3) is 5.79 Å². The molecule has 10 heteroatoms. The van der Waals surface area contributed by atoms with Crippen molar-refractivity contribution in [2.75, 3.05) is 5.32 Å². The van der Waals surface area contributed by atoms with Crippen LogP contribution in [0.2, 0.25) is 0 Å². The van der Waals surface area contributed by atoms with Gasteiger partial charge in [-0.3, -0.25) is 4.79 Å². The molecule has 0 radical (unpaired) electrons. The first-order valence-electron chi connectivity index (χ1n) is 9.30. The van der Waals surface area contributed by atoms with Crippen LogP contribution >= 0.6 is 35.4 Å². The molecular formula is C22H19Cl2N3O4S. The van der Waals surface area contributed by atoms with Gasteiger partial charge in [0.2, 0.25) is 5.91 Å². The highest BCUT2D eigenvalue weighted by molar-refractivity contribution is 7.80. The molecule has 0 saturated carbocycles. The van der Waals surface area contributed by atoms with E-state index in [1.807, 2.05) is 0 Å². The van der Waals surface area contributed by atoms with Crippen LogP contribution in [-0.2, 0) is 4.79 Å². The maximum absolute atomic E-state index is 11.6. The Hall–Kier alpha value is -2.91. The zero-order valence-corrected chi connectivity index (χ0v) is 19.1. The normalized spacial score (nSPS) is 22.2. The van der Waals surface area contributed by atoms with E-state index in [0.717, 1.165) is 0 Å². The fourth-order valence-electron chi connectivity index (χ4n) is 3.16. The Kier molecular flexibility index (Phi) is 6.90. The van der Waals surface area contributed by atoms with Crippen LogP contribution in [-0.4, -0.2) is 32.7 Å². The number of allylic oxidation sites excluding steroid dienone is 2. The molecule has 3 rings (SSSR count). The summed E-state index contributed by atoms with van der Waals surface area (Å²) >= 11 is 18.7. The fraction of sp³-hybridized carbons (Fsp3) is 0.136. The first kappa shape index (κ1) is 23.7. The van der Waals surface area contributed by atoms with Crippen LogP contribution in [0.1, 0.15) is 12.5 Å². The van der Waals surface area contributed by atoms with Crippen molar-refractivity contribution in [1.29, 1.82) is 0 Å². The van der Waals surface area contributed by atoms with Gasteiger partial charge in [0, 0.05) is 18.2 Å². The lowest BCUT2D eigenvalue weighted by Crippen LogP contribution is -2.63. The van der Waals surface area contributed by atoms with E-state index in [-0.39, 0.29) is 21.7 Å². The fourth-order valence-corrected chi connectivity index (χ4v) is 4.11. The number of ether oxygens (including phenoxy) is 1. The van der Waals surface area contributed by atoms with Crippen molar-refractivity contribution < 1.29 is 19.4 Å². The minimum absolute atomic E-state index is 0.208. The summed E-state index contributed by atoms with van der Waals surface area (Å²) in [5.74, 6) is -2.41. The van der Waals surface area contributed by atoms with E-state index in [1.54, 1.807) is 54.6 Å². The lowest BCUT2D eigenvalue weighted by Gasteiger charge is -2.43. The summed E-state index contributed by atoms with van der Waals surface area (Å²) in [6.07, 6.45) is 2.83. The average Bonchev–Trinajstić information content (AvgIpc) is 2.72. The number of carbonyl (C=O) groups is 2. The lowest BCUT2D eigenvalue weighted by atomic mass is 9.85. The Labute approximate surface area is 199 Å². The van der Waals surface area contributed by atoms with Crippen molar-refractivity contribution in [3.05, 3.63) is 77.3 Å². The molecule has 2 aromatic carbocycles. The molecule has 7 nitrogen and oxygen atoms in total. The van der Waals surface area contributed by atoms with E-state index in [1.165, 1.54) is 19.1 Å². The van der Waals surface area contributed by atoms with Crippen molar-refractivity contribution in [1.82, 2.24) is 5.32 Å². The summed E-state index contributed by atoms with van der Waals surface area (Å²) in [7, 11) is 0. The molecule has 0 aliphatic heterocycles. The Bertz CT molecular complexity index is 1140. The number of carbonyl (C=O) groups excluding carboxylic acids is 2. The molecule has 1 aliphatic rings. The number of primary amides is 1. The van der Waals surface area contributed by atoms with Gasteiger partial charge < -0.3 is 26.2 Å². The number of amides is 3. The molecule has 1 aliphatic carbocycles. The Morgan fingerprint density at radius 2 is 1.75 bits per heavy atom. The van der Waals surface area contributed by atoms with Gasteiger partial charge in [-0.15, -0.1) is 0 Å². The van der Waals surface area contributed by atoms with Crippen molar-refractivity contribution in [2.24, 2.45) is 5.73 Å². The average molecular weight is 492 g/mol. The number of rotatable bonds is 5. The van der Waals surface area contributed by atoms with Crippen molar-refractivity contribution >= 4 is 63.6 Å². The third-order valence-corrected chi connectivity index (χ3v) is 6.03. The van der Waals surface area contributed by atoms with E-state index < -0.39 is 16.7 Å². The number of benzene rings is 2. The van der Waals surface area contributed by atoms with Crippen LogP contribution in [0.15, 0.2) is 71.8 Å². The van der Waals surface area contributed by atoms with Crippen LogP contribution in [0.5, 0.6) is 5.75 Å². The number of para-hydroxylation sites is 2. The maximum atomic E-state index is 11.6. The molecule has 0 heterocycles. The van der Waals surface area contributed by atoms with Crippen LogP contribution in [0.3, 0.4) is 0 Å². The summed E-state index contributed by atoms with van der Waals surface area (Å²) in [4.78, 5) is 20.8. The van der Waals surface area contributed by atoms with Crippen LogP contribution < -0.4 is 21.1 Å². The number of aliphatic hydroxyl groups is 1. The van der Waals surface area contributed by atoms with E-state index in [9.17, 15) is 14.7 Å². The molecule has 0 spiro atoms. The van der Waals surface area contributed by atoms with E-state index >= 15 is 0 Å².